The average molecular weight is 388 g/mol. The fraction of sp³-hybridized carbons (Fsp3) is 0.350. The largest absolute Gasteiger partial charge is 0.457 e. The summed E-state index contributed by atoms with van der Waals surface area (Å²) in [6, 6.07) is 14.6. The molecule has 1 heterocycles. The normalized spacial score (nSPS) is 16.5. The lowest BCUT2D eigenvalue weighted by Crippen LogP contribution is -2.55. The van der Waals surface area contributed by atoms with E-state index in [0.29, 0.717) is 24.5 Å². The van der Waals surface area contributed by atoms with Gasteiger partial charge in [0.2, 0.25) is 5.91 Å². The minimum atomic E-state index is -3.54. The number of ether oxygens (including phenoxy) is 1. The highest BCUT2D eigenvalue weighted by Crippen LogP contribution is 2.30. The summed E-state index contributed by atoms with van der Waals surface area (Å²) in [5.41, 5.74) is 1.64. The predicted octanol–water partition coefficient (Wildman–Crippen LogP) is 2.89. The molecule has 0 atom stereocenters. The monoisotopic (exact) mass is 388 g/mol. The Balaban J connectivity index is 1.73. The smallest absolute Gasteiger partial charge is 0.245 e. The summed E-state index contributed by atoms with van der Waals surface area (Å²) in [7, 11) is -3.54. The molecule has 0 spiro atoms. The van der Waals surface area contributed by atoms with Crippen LogP contribution in [0.3, 0.4) is 0 Å². The molecule has 1 amide bonds. The Bertz CT molecular complexity index is 917. The van der Waals surface area contributed by atoms with Crippen LogP contribution in [0.25, 0.3) is 0 Å². The number of anilines is 1. The van der Waals surface area contributed by atoms with Crippen molar-refractivity contribution in [1.29, 1.82) is 0 Å². The number of rotatable bonds is 5. The summed E-state index contributed by atoms with van der Waals surface area (Å²) < 4.78 is 29.0. The third-order valence-corrected chi connectivity index (χ3v) is 6.89. The first-order valence-corrected chi connectivity index (χ1v) is 10.8. The zero-order chi connectivity index (χ0) is 19.5. The van der Waals surface area contributed by atoms with Gasteiger partial charge in [0.25, 0.3) is 0 Å². The molecule has 0 aromatic heterocycles. The van der Waals surface area contributed by atoms with Crippen LogP contribution in [0.2, 0.25) is 0 Å². The first-order valence-electron chi connectivity index (χ1n) is 8.87. The van der Waals surface area contributed by atoms with E-state index in [1.165, 1.54) is 0 Å². The Labute approximate surface area is 159 Å². The lowest BCUT2D eigenvalue weighted by Gasteiger charge is -2.34. The molecule has 7 heteroatoms. The molecule has 144 valence electrons. The molecule has 1 saturated heterocycles. The van der Waals surface area contributed by atoms with Crippen LogP contribution >= 0.6 is 0 Å². The maximum Gasteiger partial charge on any atom is 0.245 e. The van der Waals surface area contributed by atoms with Gasteiger partial charge >= 0.3 is 0 Å². The maximum absolute atomic E-state index is 12.8. The van der Waals surface area contributed by atoms with Crippen LogP contribution in [0.4, 0.5) is 5.69 Å². The van der Waals surface area contributed by atoms with Crippen molar-refractivity contribution in [2.45, 2.75) is 24.5 Å². The van der Waals surface area contributed by atoms with E-state index in [9.17, 15) is 13.2 Å². The summed E-state index contributed by atoms with van der Waals surface area (Å²) in [6.45, 7) is 3.00. The number of nitrogens with one attached hydrogen (secondary N) is 2. The number of amides is 1. The van der Waals surface area contributed by atoms with E-state index < -0.39 is 20.5 Å². The van der Waals surface area contributed by atoms with E-state index in [1.54, 1.807) is 24.3 Å². The van der Waals surface area contributed by atoms with E-state index >= 15 is 0 Å². The van der Waals surface area contributed by atoms with E-state index in [1.807, 2.05) is 31.2 Å². The Kier molecular flexibility index (Phi) is 5.53. The number of carbonyl (C=O) groups excluding carboxylic acids is 1. The van der Waals surface area contributed by atoms with Crippen molar-refractivity contribution in [3.63, 3.8) is 0 Å². The lowest BCUT2D eigenvalue weighted by molar-refractivity contribution is -0.119. The van der Waals surface area contributed by atoms with Gasteiger partial charge in [-0.05, 0) is 74.8 Å². The summed E-state index contributed by atoms with van der Waals surface area (Å²) in [5.74, 6) is 0.898. The molecule has 2 N–H and O–H groups in total. The van der Waals surface area contributed by atoms with Crippen LogP contribution < -0.4 is 15.4 Å². The zero-order valence-electron chi connectivity index (χ0n) is 15.5. The van der Waals surface area contributed by atoms with E-state index in [-0.39, 0.29) is 12.8 Å². The van der Waals surface area contributed by atoms with Crippen molar-refractivity contribution < 1.29 is 17.9 Å². The van der Waals surface area contributed by atoms with Gasteiger partial charge in [-0.1, -0.05) is 12.1 Å². The van der Waals surface area contributed by atoms with Gasteiger partial charge < -0.3 is 15.4 Å². The molecule has 6 nitrogen and oxygen atoms in total. The highest BCUT2D eigenvalue weighted by Gasteiger charge is 2.48. The number of carbonyl (C=O) groups is 1. The second-order valence-electron chi connectivity index (χ2n) is 6.91. The molecular formula is C20H24N2O4S. The molecule has 2 aromatic carbocycles. The molecule has 0 saturated carbocycles. The Morgan fingerprint density at radius 1 is 1.07 bits per heavy atom. The van der Waals surface area contributed by atoms with Crippen molar-refractivity contribution in [3.05, 3.63) is 54.1 Å². The molecule has 1 aliphatic rings. The molecule has 27 heavy (non-hydrogen) atoms. The van der Waals surface area contributed by atoms with Gasteiger partial charge in [0.05, 0.1) is 0 Å². The fourth-order valence-corrected chi connectivity index (χ4v) is 4.60. The van der Waals surface area contributed by atoms with Crippen LogP contribution in [-0.4, -0.2) is 38.4 Å². The van der Waals surface area contributed by atoms with Crippen LogP contribution in [0, 0.1) is 6.92 Å². The van der Waals surface area contributed by atoms with Gasteiger partial charge in [0.1, 0.15) is 11.5 Å². The number of hydrogen-bond acceptors (Lipinski definition) is 5. The molecule has 0 radical (unpaired) electrons. The van der Waals surface area contributed by atoms with Crippen molar-refractivity contribution in [1.82, 2.24) is 5.32 Å². The van der Waals surface area contributed by atoms with Crippen LogP contribution in [-0.2, 0) is 14.6 Å². The maximum atomic E-state index is 12.8. The number of aryl methyl sites for hydroxylation is 1. The van der Waals surface area contributed by atoms with Gasteiger partial charge in [-0.3, -0.25) is 4.79 Å². The van der Waals surface area contributed by atoms with Crippen molar-refractivity contribution in [3.8, 4) is 11.5 Å². The highest BCUT2D eigenvalue weighted by molar-refractivity contribution is 7.92. The van der Waals surface area contributed by atoms with E-state index in [2.05, 4.69) is 10.6 Å². The summed E-state index contributed by atoms with van der Waals surface area (Å²) in [6.07, 6.45) is 1.68. The van der Waals surface area contributed by atoms with E-state index in [0.717, 1.165) is 17.6 Å². The molecule has 1 aliphatic heterocycles. The zero-order valence-corrected chi connectivity index (χ0v) is 16.3. The third kappa shape index (κ3) is 4.31. The Morgan fingerprint density at radius 2 is 1.74 bits per heavy atom. The standard InChI is InChI=1S/C20H24N2O4S/c1-15-4-3-5-18(14-15)26-17-8-6-16(7-9-17)22-19(23)20(27(2,24)25)10-12-21-13-11-20/h3-9,14,21H,10-13H2,1-2H3,(H,22,23). The van der Waals surface area contributed by atoms with E-state index in [4.69, 9.17) is 4.74 Å². The molecular weight excluding hydrogens is 364 g/mol. The Morgan fingerprint density at radius 3 is 2.33 bits per heavy atom. The summed E-state index contributed by atoms with van der Waals surface area (Å²) >= 11 is 0. The average Bonchev–Trinajstić information content (AvgIpc) is 2.63. The second kappa shape index (κ2) is 7.70. The Hall–Kier alpha value is -2.38. The first kappa shape index (κ1) is 19.4. The number of piperidine rings is 1. The van der Waals surface area contributed by atoms with Crippen LogP contribution in [0.15, 0.2) is 48.5 Å². The van der Waals surface area contributed by atoms with Crippen molar-refractivity contribution in [2.24, 2.45) is 0 Å². The first-order chi connectivity index (χ1) is 12.8. The minimum absolute atomic E-state index is 0.270. The highest BCUT2D eigenvalue weighted by atomic mass is 32.2. The van der Waals surface area contributed by atoms with Crippen LogP contribution in [0.5, 0.6) is 11.5 Å². The van der Waals surface area contributed by atoms with Gasteiger partial charge in [0, 0.05) is 11.9 Å². The molecule has 0 bridgehead atoms. The second-order valence-corrected chi connectivity index (χ2v) is 9.24. The van der Waals surface area contributed by atoms with Gasteiger partial charge in [0.15, 0.2) is 14.6 Å². The topological polar surface area (TPSA) is 84.5 Å². The predicted molar refractivity (Wildman–Crippen MR) is 106 cm³/mol. The van der Waals surface area contributed by atoms with Crippen molar-refractivity contribution in [2.75, 3.05) is 24.7 Å². The molecule has 0 aliphatic carbocycles. The molecule has 2 aromatic rings. The fourth-order valence-electron chi connectivity index (χ4n) is 3.26. The molecule has 0 unspecified atom stereocenters. The molecule has 3 rings (SSSR count). The van der Waals surface area contributed by atoms with Gasteiger partial charge in [-0.25, -0.2) is 8.42 Å². The number of sulfone groups is 1. The molecule has 1 fully saturated rings. The minimum Gasteiger partial charge on any atom is -0.457 e. The summed E-state index contributed by atoms with van der Waals surface area (Å²) in [5, 5.41) is 5.86. The van der Waals surface area contributed by atoms with Gasteiger partial charge in [-0.2, -0.15) is 0 Å². The van der Waals surface area contributed by atoms with Crippen molar-refractivity contribution >= 4 is 21.4 Å². The summed E-state index contributed by atoms with van der Waals surface area (Å²) in [4.78, 5) is 12.8. The lowest BCUT2D eigenvalue weighted by atomic mass is 9.95. The third-order valence-electron chi connectivity index (χ3n) is 4.87. The van der Waals surface area contributed by atoms with Crippen LogP contribution in [0.1, 0.15) is 18.4 Å². The number of hydrogen-bond donors (Lipinski definition) is 2. The number of benzene rings is 2. The van der Waals surface area contributed by atoms with Gasteiger partial charge in [-0.15, -0.1) is 0 Å². The quantitative estimate of drug-likeness (QED) is 0.823. The SMILES string of the molecule is Cc1cccc(Oc2ccc(NC(=O)C3(S(C)(=O)=O)CCNCC3)cc2)c1.